The summed E-state index contributed by atoms with van der Waals surface area (Å²) in [6, 6.07) is 7.47. The minimum atomic E-state index is 0.185. The summed E-state index contributed by atoms with van der Waals surface area (Å²) < 4.78 is 5.71. The Morgan fingerprint density at radius 1 is 1.25 bits per heavy atom. The number of hydrogen-bond donors (Lipinski definition) is 3. The number of nitrogens with zero attached hydrogens (tertiary/aromatic N) is 2. The molecule has 0 bridgehead atoms. The number of benzene rings is 1. The fourth-order valence-electron chi connectivity index (χ4n) is 2.27. The van der Waals surface area contributed by atoms with Gasteiger partial charge in [-0.1, -0.05) is 0 Å². The van der Waals surface area contributed by atoms with E-state index >= 15 is 0 Å². The van der Waals surface area contributed by atoms with Gasteiger partial charge in [0.05, 0.1) is 12.3 Å². The topological polar surface area (TPSA) is 88.9 Å². The molecule has 1 saturated heterocycles. The van der Waals surface area contributed by atoms with E-state index in [-0.39, 0.29) is 5.96 Å². The summed E-state index contributed by atoms with van der Waals surface area (Å²) in [7, 11) is 0. The number of rotatable bonds is 6. The Hall–Kier alpha value is -1.79. The average Bonchev–Trinajstić information content (AvgIpc) is 2.98. The van der Waals surface area contributed by atoms with Crippen molar-refractivity contribution in [1.29, 1.82) is 0 Å². The first kappa shape index (κ1) is 14.6. The van der Waals surface area contributed by atoms with Crippen LogP contribution in [0.4, 0.5) is 5.69 Å². The summed E-state index contributed by atoms with van der Waals surface area (Å²) in [5.41, 5.74) is 8.51. The smallest absolute Gasteiger partial charge is 0.208 e. The van der Waals surface area contributed by atoms with Crippen molar-refractivity contribution in [3.8, 4) is 5.75 Å². The molecule has 0 unspecified atom stereocenters. The molecule has 0 saturated carbocycles. The molecule has 1 aliphatic rings. The second kappa shape index (κ2) is 7.72. The molecule has 1 aliphatic heterocycles. The Morgan fingerprint density at radius 3 is 2.60 bits per heavy atom. The molecule has 0 radical (unpaired) electrons. The minimum Gasteiger partial charge on any atom is -0.494 e. The standard InChI is InChI=1S/C14H23N5O/c15-14(18-16)17-12-4-6-13(7-5-12)20-11-3-10-19-8-1-2-9-19/h4-7H,1-3,8-11,16H2,(H3,15,17,18). The summed E-state index contributed by atoms with van der Waals surface area (Å²) in [4.78, 5) is 6.55. The lowest BCUT2D eigenvalue weighted by atomic mass is 10.3. The Morgan fingerprint density at radius 2 is 1.95 bits per heavy atom. The summed E-state index contributed by atoms with van der Waals surface area (Å²) in [6.07, 6.45) is 3.73. The van der Waals surface area contributed by atoms with E-state index in [1.807, 2.05) is 24.3 Å². The third kappa shape index (κ3) is 4.71. The van der Waals surface area contributed by atoms with Gasteiger partial charge in [0.2, 0.25) is 5.96 Å². The predicted octanol–water partition coefficient (Wildman–Crippen LogP) is 0.961. The first-order chi connectivity index (χ1) is 9.78. The molecule has 0 atom stereocenters. The van der Waals surface area contributed by atoms with Crippen LogP contribution in [0.3, 0.4) is 0 Å². The highest BCUT2D eigenvalue weighted by Crippen LogP contribution is 2.18. The fourth-order valence-corrected chi connectivity index (χ4v) is 2.27. The van der Waals surface area contributed by atoms with Gasteiger partial charge in [0.15, 0.2) is 0 Å². The second-order valence-corrected chi connectivity index (χ2v) is 4.89. The highest BCUT2D eigenvalue weighted by Gasteiger charge is 2.10. The Kier molecular flexibility index (Phi) is 5.64. The number of ether oxygens (including phenoxy) is 1. The SMILES string of the molecule is NNC(N)=Nc1ccc(OCCCN2CCCC2)cc1. The number of aliphatic imine (C=N–C) groups is 1. The highest BCUT2D eigenvalue weighted by molar-refractivity contribution is 5.80. The van der Waals surface area contributed by atoms with Crippen molar-refractivity contribution in [1.82, 2.24) is 10.3 Å². The number of likely N-dealkylation sites (tertiary alicyclic amines) is 1. The van der Waals surface area contributed by atoms with Crippen molar-refractivity contribution in [2.24, 2.45) is 16.6 Å². The van der Waals surface area contributed by atoms with Gasteiger partial charge in [0, 0.05) is 6.54 Å². The molecule has 1 heterocycles. The molecule has 0 amide bonds. The molecule has 1 fully saturated rings. The molecule has 6 nitrogen and oxygen atoms in total. The Bertz CT molecular complexity index is 426. The molecule has 1 aromatic rings. The minimum absolute atomic E-state index is 0.185. The monoisotopic (exact) mass is 277 g/mol. The lowest BCUT2D eigenvalue weighted by molar-refractivity contribution is 0.263. The first-order valence-corrected chi connectivity index (χ1v) is 7.04. The molecule has 20 heavy (non-hydrogen) atoms. The van der Waals surface area contributed by atoms with Crippen LogP contribution in [0.15, 0.2) is 29.3 Å². The van der Waals surface area contributed by atoms with E-state index in [9.17, 15) is 0 Å². The van der Waals surface area contributed by atoms with Crippen LogP contribution in [0.5, 0.6) is 5.75 Å². The van der Waals surface area contributed by atoms with Crippen molar-refractivity contribution in [2.45, 2.75) is 19.3 Å². The van der Waals surface area contributed by atoms with Crippen LogP contribution in [0.25, 0.3) is 0 Å². The van der Waals surface area contributed by atoms with Crippen molar-refractivity contribution >= 4 is 11.6 Å². The summed E-state index contributed by atoms with van der Waals surface area (Å²) in [5.74, 6) is 6.18. The fraction of sp³-hybridized carbons (Fsp3) is 0.500. The highest BCUT2D eigenvalue weighted by atomic mass is 16.5. The van der Waals surface area contributed by atoms with Gasteiger partial charge in [-0.3, -0.25) is 5.43 Å². The van der Waals surface area contributed by atoms with Crippen molar-refractivity contribution < 1.29 is 4.74 Å². The zero-order valence-electron chi connectivity index (χ0n) is 11.7. The van der Waals surface area contributed by atoms with Crippen molar-refractivity contribution in [3.63, 3.8) is 0 Å². The number of hydrazine groups is 1. The van der Waals surface area contributed by atoms with E-state index in [1.54, 1.807) is 0 Å². The average molecular weight is 277 g/mol. The maximum atomic E-state index is 5.71. The summed E-state index contributed by atoms with van der Waals surface area (Å²) in [6.45, 7) is 4.35. The largest absolute Gasteiger partial charge is 0.494 e. The third-order valence-corrected chi connectivity index (χ3v) is 3.32. The molecule has 1 aromatic carbocycles. The normalized spacial score (nSPS) is 16.4. The van der Waals surface area contributed by atoms with Gasteiger partial charge in [-0.2, -0.15) is 0 Å². The van der Waals surface area contributed by atoms with Crippen LogP contribution in [0, 0.1) is 0 Å². The van der Waals surface area contributed by atoms with Gasteiger partial charge in [-0.25, -0.2) is 10.8 Å². The molecule has 0 aromatic heterocycles. The first-order valence-electron chi connectivity index (χ1n) is 7.04. The third-order valence-electron chi connectivity index (χ3n) is 3.32. The van der Waals surface area contributed by atoms with Gasteiger partial charge >= 0.3 is 0 Å². The molecule has 5 N–H and O–H groups in total. The Balaban J connectivity index is 1.70. The van der Waals surface area contributed by atoms with E-state index in [1.165, 1.54) is 25.9 Å². The molecule has 0 aliphatic carbocycles. The van der Waals surface area contributed by atoms with Crippen molar-refractivity contribution in [2.75, 3.05) is 26.2 Å². The molecule has 6 heteroatoms. The molecular weight excluding hydrogens is 254 g/mol. The summed E-state index contributed by atoms with van der Waals surface area (Å²) >= 11 is 0. The van der Waals surface area contributed by atoms with Crippen molar-refractivity contribution in [3.05, 3.63) is 24.3 Å². The number of guanidine groups is 1. The maximum Gasteiger partial charge on any atom is 0.208 e. The number of nitrogens with one attached hydrogen (secondary N) is 1. The van der Waals surface area contributed by atoms with Crippen LogP contribution in [-0.4, -0.2) is 37.1 Å². The van der Waals surface area contributed by atoms with Crippen LogP contribution < -0.4 is 21.7 Å². The Labute approximate surface area is 119 Å². The molecule has 110 valence electrons. The lowest BCUT2D eigenvalue weighted by Gasteiger charge is -2.14. The van der Waals surface area contributed by atoms with Crippen LogP contribution in [0.2, 0.25) is 0 Å². The number of hydrogen-bond acceptors (Lipinski definition) is 4. The van der Waals surface area contributed by atoms with E-state index in [4.69, 9.17) is 16.3 Å². The molecular formula is C14H23N5O. The molecule has 0 spiro atoms. The van der Waals surface area contributed by atoms with E-state index in [0.717, 1.165) is 31.0 Å². The number of nitrogens with two attached hydrogens (primary N) is 2. The van der Waals surface area contributed by atoms with Crippen LogP contribution in [0.1, 0.15) is 19.3 Å². The van der Waals surface area contributed by atoms with Gasteiger partial charge in [-0.05, 0) is 56.6 Å². The maximum absolute atomic E-state index is 5.71. The zero-order chi connectivity index (χ0) is 14.2. The van der Waals surface area contributed by atoms with Crippen LogP contribution in [-0.2, 0) is 0 Å². The van der Waals surface area contributed by atoms with E-state index in [2.05, 4.69) is 15.3 Å². The van der Waals surface area contributed by atoms with Gasteiger partial charge in [0.1, 0.15) is 5.75 Å². The summed E-state index contributed by atoms with van der Waals surface area (Å²) in [5, 5.41) is 0. The second-order valence-electron chi connectivity index (χ2n) is 4.89. The van der Waals surface area contributed by atoms with Gasteiger partial charge in [0.25, 0.3) is 0 Å². The van der Waals surface area contributed by atoms with E-state index < -0.39 is 0 Å². The zero-order valence-corrected chi connectivity index (χ0v) is 11.7. The molecule has 2 rings (SSSR count). The predicted molar refractivity (Wildman–Crippen MR) is 80.8 cm³/mol. The van der Waals surface area contributed by atoms with Crippen LogP contribution >= 0.6 is 0 Å². The van der Waals surface area contributed by atoms with E-state index in [0.29, 0.717) is 0 Å². The lowest BCUT2D eigenvalue weighted by Crippen LogP contribution is -2.36. The van der Waals surface area contributed by atoms with Gasteiger partial charge < -0.3 is 15.4 Å². The van der Waals surface area contributed by atoms with Gasteiger partial charge in [-0.15, -0.1) is 0 Å². The quantitative estimate of drug-likeness (QED) is 0.237.